The minimum atomic E-state index is -0.0702. The molecule has 2 heterocycles. The Bertz CT molecular complexity index is 636. The molecule has 5 heteroatoms. The Morgan fingerprint density at radius 2 is 1.85 bits per heavy atom. The van der Waals surface area contributed by atoms with Crippen molar-refractivity contribution in [2.75, 3.05) is 32.8 Å². The summed E-state index contributed by atoms with van der Waals surface area (Å²) in [5.41, 5.74) is 1.12. The number of nitrogens with one attached hydrogen (secondary N) is 1. The van der Waals surface area contributed by atoms with Gasteiger partial charge >= 0.3 is 0 Å². The Hall–Kier alpha value is -1.46. The van der Waals surface area contributed by atoms with E-state index in [2.05, 4.69) is 21.3 Å². The van der Waals surface area contributed by atoms with E-state index in [9.17, 15) is 4.79 Å². The Morgan fingerprint density at radius 1 is 1.19 bits per heavy atom. The second kappa shape index (κ2) is 7.17. The maximum atomic E-state index is 13.3. The molecule has 5 nitrogen and oxygen atoms in total. The van der Waals surface area contributed by atoms with Crippen LogP contribution in [0, 0.1) is 23.2 Å². The molecule has 4 aliphatic carbocycles. The van der Waals surface area contributed by atoms with Crippen LogP contribution in [0.5, 0.6) is 0 Å². The first-order chi connectivity index (χ1) is 13.2. The average molecular weight is 370 g/mol. The van der Waals surface area contributed by atoms with Crippen molar-refractivity contribution in [2.24, 2.45) is 23.2 Å². The number of rotatable bonds is 5. The highest BCUT2D eigenvalue weighted by Crippen LogP contribution is 2.60. The van der Waals surface area contributed by atoms with Gasteiger partial charge in [-0.05, 0) is 67.9 Å². The van der Waals surface area contributed by atoms with E-state index in [1.807, 2.05) is 18.5 Å². The summed E-state index contributed by atoms with van der Waals surface area (Å²) in [5.74, 6) is 2.73. The van der Waals surface area contributed by atoms with Crippen LogP contribution in [-0.2, 0) is 9.53 Å². The number of aromatic nitrogens is 1. The minimum Gasteiger partial charge on any atom is -0.379 e. The van der Waals surface area contributed by atoms with Crippen LogP contribution < -0.4 is 5.32 Å². The third-order valence-electron chi connectivity index (χ3n) is 7.53. The highest BCUT2D eigenvalue weighted by atomic mass is 16.5. The fraction of sp³-hybridized carbons (Fsp3) is 0.727. The van der Waals surface area contributed by atoms with Crippen molar-refractivity contribution in [1.82, 2.24) is 15.2 Å². The van der Waals surface area contributed by atoms with Gasteiger partial charge in [-0.25, -0.2) is 0 Å². The van der Waals surface area contributed by atoms with Crippen LogP contribution in [0.1, 0.15) is 50.1 Å². The lowest BCUT2D eigenvalue weighted by Gasteiger charge is -2.55. The fourth-order valence-electron chi connectivity index (χ4n) is 6.69. The molecule has 146 valence electrons. The van der Waals surface area contributed by atoms with Crippen molar-refractivity contribution in [1.29, 1.82) is 0 Å². The lowest BCUT2D eigenvalue weighted by atomic mass is 9.49. The zero-order chi connectivity index (χ0) is 18.3. The first-order valence-corrected chi connectivity index (χ1v) is 10.7. The molecule has 1 atom stereocenters. The number of nitrogens with zero attached hydrogens (tertiary/aromatic N) is 2. The number of carbonyl (C=O) groups is 1. The number of morpholine rings is 1. The quantitative estimate of drug-likeness (QED) is 0.867. The molecular formula is C22H31N3O2. The summed E-state index contributed by atoms with van der Waals surface area (Å²) in [6, 6.07) is 4.30. The molecule has 1 aromatic heterocycles. The topological polar surface area (TPSA) is 54.5 Å². The Kier molecular flexibility index (Phi) is 4.68. The van der Waals surface area contributed by atoms with Crippen molar-refractivity contribution in [3.05, 3.63) is 30.1 Å². The molecule has 1 aromatic rings. The van der Waals surface area contributed by atoms with Gasteiger partial charge in [0, 0.05) is 37.4 Å². The minimum absolute atomic E-state index is 0.0702. The molecule has 5 aliphatic rings. The van der Waals surface area contributed by atoms with E-state index >= 15 is 0 Å². The SMILES string of the molecule is O=C(NCC(c1cccnc1)N1CCOCC1)C12CC3CC(CC(C3)C1)C2. The molecule has 5 fully saturated rings. The number of ether oxygens (including phenoxy) is 1. The molecule has 1 saturated heterocycles. The van der Waals surface area contributed by atoms with E-state index in [1.165, 1.54) is 24.8 Å². The van der Waals surface area contributed by atoms with Gasteiger partial charge in [0.25, 0.3) is 0 Å². The standard InChI is InChI=1S/C22H31N3O2/c26-21(22-11-16-8-17(12-22)10-18(9-16)13-22)24-15-20(19-2-1-3-23-14-19)25-4-6-27-7-5-25/h1-3,14,16-18,20H,4-13,15H2,(H,24,26). The summed E-state index contributed by atoms with van der Waals surface area (Å²) in [4.78, 5) is 20.1. The van der Waals surface area contributed by atoms with E-state index in [0.717, 1.165) is 63.3 Å². The molecule has 6 rings (SSSR count). The van der Waals surface area contributed by atoms with Crippen molar-refractivity contribution >= 4 is 5.91 Å². The van der Waals surface area contributed by atoms with E-state index in [-0.39, 0.29) is 11.5 Å². The van der Waals surface area contributed by atoms with Crippen molar-refractivity contribution in [2.45, 2.75) is 44.6 Å². The molecule has 0 radical (unpaired) electrons. The molecule has 0 aromatic carbocycles. The molecule has 4 saturated carbocycles. The summed E-state index contributed by atoms with van der Waals surface area (Å²) >= 11 is 0. The first kappa shape index (κ1) is 17.6. The van der Waals surface area contributed by atoms with Crippen LogP contribution in [0.2, 0.25) is 0 Å². The molecule has 1 aliphatic heterocycles. The van der Waals surface area contributed by atoms with Gasteiger partial charge in [0.1, 0.15) is 0 Å². The molecule has 1 unspecified atom stereocenters. The lowest BCUT2D eigenvalue weighted by molar-refractivity contribution is -0.146. The van der Waals surface area contributed by atoms with Gasteiger partial charge < -0.3 is 10.1 Å². The van der Waals surface area contributed by atoms with Gasteiger partial charge in [0.15, 0.2) is 0 Å². The second-order valence-electron chi connectivity index (χ2n) is 9.36. The summed E-state index contributed by atoms with van der Waals surface area (Å²) < 4.78 is 5.53. The first-order valence-electron chi connectivity index (χ1n) is 10.7. The van der Waals surface area contributed by atoms with Crippen LogP contribution in [0.4, 0.5) is 0 Å². The van der Waals surface area contributed by atoms with Crippen LogP contribution in [0.3, 0.4) is 0 Å². The zero-order valence-corrected chi connectivity index (χ0v) is 16.1. The summed E-state index contributed by atoms with van der Waals surface area (Å²) in [7, 11) is 0. The molecule has 4 bridgehead atoms. The van der Waals surface area contributed by atoms with Gasteiger partial charge in [-0.1, -0.05) is 6.07 Å². The normalized spacial score (nSPS) is 36.5. The predicted octanol–water partition coefficient (Wildman–Crippen LogP) is 2.79. The summed E-state index contributed by atoms with van der Waals surface area (Å²) in [6.07, 6.45) is 11.3. The van der Waals surface area contributed by atoms with Crippen LogP contribution in [0.25, 0.3) is 0 Å². The van der Waals surface area contributed by atoms with Crippen LogP contribution >= 0.6 is 0 Å². The second-order valence-corrected chi connectivity index (χ2v) is 9.36. The van der Waals surface area contributed by atoms with E-state index in [4.69, 9.17) is 4.74 Å². The number of carbonyl (C=O) groups excluding carboxylic acids is 1. The number of amides is 1. The Balaban J connectivity index is 1.29. The van der Waals surface area contributed by atoms with Crippen LogP contribution in [-0.4, -0.2) is 48.6 Å². The number of hydrogen-bond acceptors (Lipinski definition) is 4. The third kappa shape index (κ3) is 3.40. The summed E-state index contributed by atoms with van der Waals surface area (Å²) in [5, 5.41) is 3.39. The Morgan fingerprint density at radius 3 is 2.44 bits per heavy atom. The number of hydrogen-bond donors (Lipinski definition) is 1. The molecule has 1 amide bonds. The maximum Gasteiger partial charge on any atom is 0.226 e. The highest BCUT2D eigenvalue weighted by Gasteiger charge is 2.54. The van der Waals surface area contributed by atoms with Gasteiger partial charge in [0.05, 0.1) is 19.3 Å². The monoisotopic (exact) mass is 369 g/mol. The van der Waals surface area contributed by atoms with E-state index in [1.54, 1.807) is 0 Å². The van der Waals surface area contributed by atoms with Crippen LogP contribution in [0.15, 0.2) is 24.5 Å². The van der Waals surface area contributed by atoms with Crippen molar-refractivity contribution in [3.63, 3.8) is 0 Å². The lowest BCUT2D eigenvalue weighted by Crippen LogP contribution is -2.54. The smallest absolute Gasteiger partial charge is 0.226 e. The summed E-state index contributed by atoms with van der Waals surface area (Å²) in [6.45, 7) is 4.02. The Labute approximate surface area is 161 Å². The van der Waals surface area contributed by atoms with Gasteiger partial charge in [0.2, 0.25) is 5.91 Å². The van der Waals surface area contributed by atoms with Crippen molar-refractivity contribution in [3.8, 4) is 0 Å². The van der Waals surface area contributed by atoms with E-state index in [0.29, 0.717) is 12.5 Å². The third-order valence-corrected chi connectivity index (χ3v) is 7.53. The maximum absolute atomic E-state index is 13.3. The zero-order valence-electron chi connectivity index (χ0n) is 16.1. The molecular weight excluding hydrogens is 338 g/mol. The van der Waals surface area contributed by atoms with E-state index < -0.39 is 0 Å². The fourth-order valence-corrected chi connectivity index (χ4v) is 6.69. The highest BCUT2D eigenvalue weighted by molar-refractivity contribution is 5.83. The molecule has 0 spiro atoms. The van der Waals surface area contributed by atoms with Gasteiger partial charge in [-0.2, -0.15) is 0 Å². The number of pyridine rings is 1. The molecule has 27 heavy (non-hydrogen) atoms. The van der Waals surface area contributed by atoms with Gasteiger partial charge in [-0.15, -0.1) is 0 Å². The van der Waals surface area contributed by atoms with Crippen molar-refractivity contribution < 1.29 is 9.53 Å². The van der Waals surface area contributed by atoms with Gasteiger partial charge in [-0.3, -0.25) is 14.7 Å². The predicted molar refractivity (Wildman–Crippen MR) is 103 cm³/mol. The average Bonchev–Trinajstić information content (AvgIpc) is 2.69. The molecule has 1 N–H and O–H groups in total. The largest absolute Gasteiger partial charge is 0.379 e.